The van der Waals surface area contributed by atoms with Gasteiger partial charge in [-0.3, -0.25) is 14.7 Å². The SMILES string of the molecule is CCCC(CNC(=O)c1cc(CC)[nH]n1)C(=O)O. The molecule has 1 amide bonds. The highest BCUT2D eigenvalue weighted by Gasteiger charge is 2.18. The molecule has 3 N–H and O–H groups in total. The van der Waals surface area contributed by atoms with Crippen molar-refractivity contribution >= 4 is 11.9 Å². The molecule has 100 valence electrons. The van der Waals surface area contributed by atoms with Crippen molar-refractivity contribution in [3.8, 4) is 0 Å². The summed E-state index contributed by atoms with van der Waals surface area (Å²) >= 11 is 0. The van der Waals surface area contributed by atoms with Crippen molar-refractivity contribution in [2.45, 2.75) is 33.1 Å². The quantitative estimate of drug-likeness (QED) is 0.680. The molecular formula is C12H19N3O3. The number of H-pyrrole nitrogens is 1. The number of carboxylic acid groups (broad SMARTS) is 1. The van der Waals surface area contributed by atoms with Crippen LogP contribution in [-0.2, 0) is 11.2 Å². The molecule has 0 aromatic carbocycles. The number of carboxylic acids is 1. The summed E-state index contributed by atoms with van der Waals surface area (Å²) in [5, 5.41) is 18.2. The van der Waals surface area contributed by atoms with Gasteiger partial charge in [0.2, 0.25) is 0 Å². The first-order valence-corrected chi connectivity index (χ1v) is 6.13. The fourth-order valence-corrected chi connectivity index (χ4v) is 1.63. The molecule has 1 atom stereocenters. The Morgan fingerprint density at radius 1 is 1.50 bits per heavy atom. The highest BCUT2D eigenvalue weighted by Crippen LogP contribution is 2.06. The second-order valence-corrected chi connectivity index (χ2v) is 4.17. The Morgan fingerprint density at radius 2 is 2.22 bits per heavy atom. The number of amides is 1. The van der Waals surface area contributed by atoms with E-state index in [2.05, 4.69) is 15.5 Å². The van der Waals surface area contributed by atoms with Gasteiger partial charge in [-0.1, -0.05) is 20.3 Å². The van der Waals surface area contributed by atoms with E-state index in [1.54, 1.807) is 6.07 Å². The van der Waals surface area contributed by atoms with Crippen molar-refractivity contribution < 1.29 is 14.7 Å². The maximum Gasteiger partial charge on any atom is 0.308 e. The largest absolute Gasteiger partial charge is 0.481 e. The Morgan fingerprint density at radius 3 is 2.72 bits per heavy atom. The van der Waals surface area contributed by atoms with E-state index in [1.807, 2.05) is 13.8 Å². The van der Waals surface area contributed by atoms with E-state index in [4.69, 9.17) is 5.11 Å². The molecule has 1 heterocycles. The van der Waals surface area contributed by atoms with Gasteiger partial charge in [-0.2, -0.15) is 5.10 Å². The Bertz CT molecular complexity index is 414. The van der Waals surface area contributed by atoms with Gasteiger partial charge in [0.15, 0.2) is 0 Å². The Hall–Kier alpha value is -1.85. The van der Waals surface area contributed by atoms with Gasteiger partial charge in [0, 0.05) is 12.2 Å². The molecule has 0 aliphatic heterocycles. The van der Waals surface area contributed by atoms with Crippen LogP contribution in [0.4, 0.5) is 0 Å². The van der Waals surface area contributed by atoms with Crippen molar-refractivity contribution in [3.63, 3.8) is 0 Å². The summed E-state index contributed by atoms with van der Waals surface area (Å²) in [7, 11) is 0. The van der Waals surface area contributed by atoms with Crippen LogP contribution in [0.2, 0.25) is 0 Å². The minimum absolute atomic E-state index is 0.135. The van der Waals surface area contributed by atoms with Crippen molar-refractivity contribution in [3.05, 3.63) is 17.5 Å². The number of aliphatic carboxylic acids is 1. The summed E-state index contributed by atoms with van der Waals surface area (Å²) in [6, 6.07) is 1.67. The average Bonchev–Trinajstić information content (AvgIpc) is 2.82. The minimum Gasteiger partial charge on any atom is -0.481 e. The van der Waals surface area contributed by atoms with Crippen molar-refractivity contribution in [2.75, 3.05) is 6.54 Å². The van der Waals surface area contributed by atoms with Gasteiger partial charge in [-0.25, -0.2) is 0 Å². The fourth-order valence-electron chi connectivity index (χ4n) is 1.63. The van der Waals surface area contributed by atoms with Crippen LogP contribution in [0.3, 0.4) is 0 Å². The van der Waals surface area contributed by atoms with E-state index < -0.39 is 11.9 Å². The fraction of sp³-hybridized carbons (Fsp3) is 0.583. The summed E-state index contributed by atoms with van der Waals surface area (Å²) < 4.78 is 0. The number of aryl methyl sites for hydroxylation is 1. The Balaban J connectivity index is 2.51. The molecule has 1 rings (SSSR count). The molecule has 0 fully saturated rings. The third-order valence-corrected chi connectivity index (χ3v) is 2.74. The molecule has 0 aliphatic carbocycles. The topological polar surface area (TPSA) is 95.1 Å². The van der Waals surface area contributed by atoms with Crippen LogP contribution in [0.1, 0.15) is 42.9 Å². The van der Waals surface area contributed by atoms with E-state index in [1.165, 1.54) is 0 Å². The number of hydrogen-bond acceptors (Lipinski definition) is 3. The normalized spacial score (nSPS) is 12.1. The second-order valence-electron chi connectivity index (χ2n) is 4.17. The molecule has 1 aromatic heterocycles. The first kappa shape index (κ1) is 14.2. The van der Waals surface area contributed by atoms with E-state index in [0.29, 0.717) is 12.1 Å². The Labute approximate surface area is 106 Å². The zero-order chi connectivity index (χ0) is 13.5. The third kappa shape index (κ3) is 3.87. The Kier molecular flexibility index (Phi) is 5.35. The number of nitrogens with zero attached hydrogens (tertiary/aromatic N) is 1. The van der Waals surface area contributed by atoms with E-state index in [-0.39, 0.29) is 12.5 Å². The molecule has 1 aromatic rings. The van der Waals surface area contributed by atoms with Crippen LogP contribution in [0.5, 0.6) is 0 Å². The maximum absolute atomic E-state index is 11.7. The molecule has 0 radical (unpaired) electrons. The summed E-state index contributed by atoms with van der Waals surface area (Å²) in [5.41, 5.74) is 1.18. The van der Waals surface area contributed by atoms with Crippen LogP contribution in [0, 0.1) is 5.92 Å². The van der Waals surface area contributed by atoms with Crippen molar-refractivity contribution in [2.24, 2.45) is 5.92 Å². The lowest BCUT2D eigenvalue weighted by atomic mass is 10.0. The van der Waals surface area contributed by atoms with E-state index in [0.717, 1.165) is 18.5 Å². The van der Waals surface area contributed by atoms with E-state index >= 15 is 0 Å². The molecule has 0 saturated carbocycles. The summed E-state index contributed by atoms with van der Waals surface area (Å²) in [4.78, 5) is 22.6. The number of nitrogens with one attached hydrogen (secondary N) is 2. The van der Waals surface area contributed by atoms with Gasteiger partial charge >= 0.3 is 5.97 Å². The molecule has 0 bridgehead atoms. The molecule has 6 nitrogen and oxygen atoms in total. The van der Waals surface area contributed by atoms with E-state index in [9.17, 15) is 9.59 Å². The van der Waals surface area contributed by atoms with Crippen LogP contribution in [0.25, 0.3) is 0 Å². The second kappa shape index (κ2) is 6.78. The first-order valence-electron chi connectivity index (χ1n) is 6.13. The van der Waals surface area contributed by atoms with Gasteiger partial charge in [0.1, 0.15) is 5.69 Å². The van der Waals surface area contributed by atoms with Crippen LogP contribution in [0.15, 0.2) is 6.07 Å². The molecule has 1 unspecified atom stereocenters. The molecule has 0 saturated heterocycles. The number of aromatic amines is 1. The standard InChI is InChI=1S/C12H19N3O3/c1-3-5-8(12(17)18)7-13-11(16)10-6-9(4-2)14-15-10/h6,8H,3-5,7H2,1-2H3,(H,13,16)(H,14,15)(H,17,18). The number of carbonyl (C=O) groups is 2. The van der Waals surface area contributed by atoms with Gasteiger partial charge in [0.05, 0.1) is 5.92 Å². The van der Waals surface area contributed by atoms with Crippen LogP contribution >= 0.6 is 0 Å². The zero-order valence-corrected chi connectivity index (χ0v) is 10.7. The zero-order valence-electron chi connectivity index (χ0n) is 10.7. The number of rotatable bonds is 7. The summed E-state index contributed by atoms with van der Waals surface area (Å²) in [5.74, 6) is -1.76. The monoisotopic (exact) mass is 253 g/mol. The predicted octanol–water partition coefficient (Wildman–Crippen LogP) is 1.20. The predicted molar refractivity (Wildman–Crippen MR) is 66.3 cm³/mol. The van der Waals surface area contributed by atoms with Crippen LogP contribution < -0.4 is 5.32 Å². The molecule has 0 aliphatic rings. The highest BCUT2D eigenvalue weighted by atomic mass is 16.4. The number of carbonyl (C=O) groups excluding carboxylic acids is 1. The molecule has 6 heteroatoms. The van der Waals surface area contributed by atoms with Gasteiger partial charge in [-0.15, -0.1) is 0 Å². The molecule has 0 spiro atoms. The lowest BCUT2D eigenvalue weighted by Gasteiger charge is -2.11. The van der Waals surface area contributed by atoms with Crippen LogP contribution in [-0.4, -0.2) is 33.7 Å². The van der Waals surface area contributed by atoms with Gasteiger partial charge in [-0.05, 0) is 18.9 Å². The third-order valence-electron chi connectivity index (χ3n) is 2.74. The van der Waals surface area contributed by atoms with Gasteiger partial charge in [0.25, 0.3) is 5.91 Å². The average molecular weight is 253 g/mol. The molecule has 18 heavy (non-hydrogen) atoms. The summed E-state index contributed by atoms with van der Waals surface area (Å²) in [6.45, 7) is 4.01. The lowest BCUT2D eigenvalue weighted by Crippen LogP contribution is -2.33. The smallest absolute Gasteiger partial charge is 0.308 e. The maximum atomic E-state index is 11.7. The lowest BCUT2D eigenvalue weighted by molar-refractivity contribution is -0.141. The highest BCUT2D eigenvalue weighted by molar-refractivity contribution is 5.92. The number of hydrogen-bond donors (Lipinski definition) is 3. The minimum atomic E-state index is -0.881. The molecular weight excluding hydrogens is 234 g/mol. The summed E-state index contributed by atoms with van der Waals surface area (Å²) in [6.07, 6.45) is 2.10. The number of aromatic nitrogens is 2. The van der Waals surface area contributed by atoms with Crippen molar-refractivity contribution in [1.29, 1.82) is 0 Å². The first-order chi connectivity index (χ1) is 8.58. The van der Waals surface area contributed by atoms with Gasteiger partial charge < -0.3 is 10.4 Å². The van der Waals surface area contributed by atoms with Crippen molar-refractivity contribution in [1.82, 2.24) is 15.5 Å².